The molecule has 388 valence electrons. The third-order valence-electron chi connectivity index (χ3n) is 12.4. The minimum absolute atomic E-state index is 0.0392. The quantitative estimate of drug-likeness (QED) is 0.0197. The van der Waals surface area contributed by atoms with Crippen LogP contribution in [0, 0.1) is 0 Å². The molecule has 0 heterocycles. The molecule has 2 atom stereocenters. The number of rotatable bonds is 50. The molecule has 0 aliphatic rings. The van der Waals surface area contributed by atoms with Gasteiger partial charge in [-0.3, -0.25) is 9.59 Å². The van der Waals surface area contributed by atoms with E-state index in [1.54, 1.807) is 0 Å². The van der Waals surface area contributed by atoms with Crippen LogP contribution in [-0.4, -0.2) is 75.5 Å². The molecule has 0 aliphatic heterocycles. The Morgan fingerprint density at radius 3 is 1.33 bits per heavy atom. The highest BCUT2D eigenvalue weighted by Crippen LogP contribution is 2.16. The van der Waals surface area contributed by atoms with Gasteiger partial charge in [-0.05, 0) is 70.6 Å². The van der Waals surface area contributed by atoms with Gasteiger partial charge in [-0.2, -0.15) is 0 Å². The number of aliphatic carboxylic acids is 1. The molecule has 8 heteroatoms. The summed E-state index contributed by atoms with van der Waals surface area (Å²) in [7, 11) is 5.42. The molecule has 0 saturated heterocycles. The fraction of sp³-hybridized carbons (Fsp3) is 0.780. The molecule has 0 aromatic heterocycles. The van der Waals surface area contributed by atoms with Gasteiger partial charge in [0, 0.05) is 19.3 Å². The van der Waals surface area contributed by atoms with Crippen molar-refractivity contribution in [2.45, 2.75) is 257 Å². The Morgan fingerprint density at radius 2 is 0.881 bits per heavy atom. The number of carbonyl (C=O) groups is 3. The Kier molecular flexibility index (Phi) is 47.3. The summed E-state index contributed by atoms with van der Waals surface area (Å²) in [5.41, 5.74) is 0. The van der Waals surface area contributed by atoms with E-state index < -0.39 is 18.1 Å². The molecule has 0 rings (SSSR count). The van der Waals surface area contributed by atoms with Gasteiger partial charge in [0.25, 0.3) is 0 Å². The molecule has 8 nitrogen and oxygen atoms in total. The van der Waals surface area contributed by atoms with Crippen LogP contribution in [0.3, 0.4) is 0 Å². The van der Waals surface area contributed by atoms with E-state index in [1.165, 1.54) is 154 Å². The first-order chi connectivity index (χ1) is 32.6. The van der Waals surface area contributed by atoms with Crippen LogP contribution < -0.4 is 5.11 Å². The van der Waals surface area contributed by atoms with Gasteiger partial charge in [-0.15, -0.1) is 0 Å². The van der Waals surface area contributed by atoms with Gasteiger partial charge in [0.2, 0.25) is 0 Å². The van der Waals surface area contributed by atoms with Crippen molar-refractivity contribution in [2.24, 2.45) is 0 Å². The maximum atomic E-state index is 12.8. The second-order valence-electron chi connectivity index (χ2n) is 19.8. The molecule has 0 radical (unpaired) electrons. The zero-order valence-electron chi connectivity index (χ0n) is 44.3. The molecular weight excluding hydrogens is 835 g/mol. The van der Waals surface area contributed by atoms with Crippen molar-refractivity contribution >= 4 is 17.9 Å². The predicted molar refractivity (Wildman–Crippen MR) is 282 cm³/mol. The number of nitrogens with zero attached hydrogens (tertiary/aromatic N) is 1. The molecular formula is C59H105NO7. The van der Waals surface area contributed by atoms with Crippen molar-refractivity contribution in [1.82, 2.24) is 0 Å². The molecule has 0 N–H and O–H groups in total. The molecule has 67 heavy (non-hydrogen) atoms. The first-order valence-corrected chi connectivity index (χ1v) is 27.8. The highest BCUT2D eigenvalue weighted by molar-refractivity contribution is 5.70. The number of allylic oxidation sites excluding steroid dienone is 10. The van der Waals surface area contributed by atoms with E-state index in [-0.39, 0.29) is 42.7 Å². The van der Waals surface area contributed by atoms with Crippen LogP contribution in [0.4, 0.5) is 0 Å². The maximum Gasteiger partial charge on any atom is 0.306 e. The largest absolute Gasteiger partial charge is 0.544 e. The Bertz CT molecular complexity index is 1280. The van der Waals surface area contributed by atoms with Crippen LogP contribution in [-0.2, 0) is 28.6 Å². The van der Waals surface area contributed by atoms with Gasteiger partial charge in [-0.1, -0.05) is 216 Å². The van der Waals surface area contributed by atoms with Crippen molar-refractivity contribution in [1.29, 1.82) is 0 Å². The highest BCUT2D eigenvalue weighted by Gasteiger charge is 2.25. The molecule has 0 fully saturated rings. The molecule has 0 bridgehead atoms. The van der Waals surface area contributed by atoms with Crippen LogP contribution in [0.5, 0.6) is 0 Å². The average Bonchev–Trinajstić information content (AvgIpc) is 3.29. The number of hydrogen-bond acceptors (Lipinski definition) is 7. The number of likely N-dealkylation sites (N-methyl/N-ethyl adjacent to an activating group) is 1. The lowest BCUT2D eigenvalue weighted by molar-refractivity contribution is -0.889. The van der Waals surface area contributed by atoms with Crippen LogP contribution in [0.2, 0.25) is 0 Å². The van der Waals surface area contributed by atoms with Crippen molar-refractivity contribution in [2.75, 3.05) is 41.0 Å². The minimum atomic E-state index is -1.12. The average molecular weight is 940 g/mol. The second-order valence-corrected chi connectivity index (χ2v) is 19.8. The summed E-state index contributed by atoms with van der Waals surface area (Å²) in [5.74, 6) is -1.73. The number of carboxylic acid groups (broad SMARTS) is 1. The number of quaternary nitrogens is 1. The van der Waals surface area contributed by atoms with E-state index in [0.29, 0.717) is 12.8 Å². The summed E-state index contributed by atoms with van der Waals surface area (Å²) in [6, 6.07) is -0.728. The Labute approximate surface area is 413 Å². The van der Waals surface area contributed by atoms with Gasteiger partial charge in [0.1, 0.15) is 12.6 Å². The SMILES string of the molecule is CC/C=C/C/C=C/C/C=C/CCCCCCCCCCCCCCCC(=O)OCC(COCCC(C(=O)[O-])[N+](C)(C)C)OC(=O)CCCCCCCCCCCC/C=C/C=C/CCCCCC. The Hall–Kier alpha value is -2.97. The van der Waals surface area contributed by atoms with Crippen LogP contribution in [0.15, 0.2) is 60.8 Å². The van der Waals surface area contributed by atoms with Gasteiger partial charge < -0.3 is 28.6 Å². The van der Waals surface area contributed by atoms with Crippen molar-refractivity contribution in [3.63, 3.8) is 0 Å². The summed E-state index contributed by atoms with van der Waals surface area (Å²) in [4.78, 5) is 37.1. The van der Waals surface area contributed by atoms with E-state index in [1.807, 2.05) is 21.1 Å². The smallest absolute Gasteiger partial charge is 0.306 e. The third-order valence-corrected chi connectivity index (χ3v) is 12.4. The third kappa shape index (κ3) is 47.9. The van der Waals surface area contributed by atoms with Crippen molar-refractivity contribution in [3.8, 4) is 0 Å². The van der Waals surface area contributed by atoms with Gasteiger partial charge in [0.15, 0.2) is 6.10 Å². The summed E-state index contributed by atoms with van der Waals surface area (Å²) >= 11 is 0. The number of carboxylic acids is 1. The first kappa shape index (κ1) is 64.0. The maximum absolute atomic E-state index is 12.8. The number of unbranched alkanes of at least 4 members (excludes halogenated alkanes) is 27. The molecule has 0 saturated carbocycles. The van der Waals surface area contributed by atoms with E-state index in [4.69, 9.17) is 14.2 Å². The molecule has 0 amide bonds. The molecule has 2 unspecified atom stereocenters. The fourth-order valence-electron chi connectivity index (χ4n) is 8.14. The summed E-state index contributed by atoms with van der Waals surface area (Å²) < 4.78 is 17.3. The number of esters is 2. The number of ether oxygens (including phenoxy) is 3. The molecule has 0 aliphatic carbocycles. The van der Waals surface area contributed by atoms with Gasteiger partial charge >= 0.3 is 11.9 Å². The Balaban J connectivity index is 4.18. The first-order valence-electron chi connectivity index (χ1n) is 27.8. The van der Waals surface area contributed by atoms with E-state index in [0.717, 1.165) is 57.8 Å². The number of carbonyl (C=O) groups excluding carboxylic acids is 3. The highest BCUT2D eigenvalue weighted by atomic mass is 16.6. The van der Waals surface area contributed by atoms with E-state index in [9.17, 15) is 19.5 Å². The summed E-state index contributed by atoms with van der Waals surface area (Å²) in [6.45, 7) is 4.56. The number of hydrogen-bond donors (Lipinski definition) is 0. The Morgan fingerprint density at radius 1 is 0.478 bits per heavy atom. The zero-order valence-corrected chi connectivity index (χ0v) is 44.3. The second kappa shape index (κ2) is 49.5. The molecule has 0 aromatic rings. The molecule has 0 aromatic carbocycles. The lowest BCUT2D eigenvalue weighted by atomic mass is 10.0. The zero-order chi connectivity index (χ0) is 49.2. The molecule has 0 spiro atoms. The lowest BCUT2D eigenvalue weighted by Crippen LogP contribution is -2.55. The van der Waals surface area contributed by atoms with Gasteiger partial charge in [-0.25, -0.2) is 0 Å². The normalized spacial score (nSPS) is 13.3. The summed E-state index contributed by atoms with van der Waals surface area (Å²) in [5, 5.41) is 11.7. The topological polar surface area (TPSA) is 102 Å². The van der Waals surface area contributed by atoms with Crippen molar-refractivity contribution in [3.05, 3.63) is 60.8 Å². The van der Waals surface area contributed by atoms with Crippen LogP contribution in [0.25, 0.3) is 0 Å². The van der Waals surface area contributed by atoms with E-state index >= 15 is 0 Å². The van der Waals surface area contributed by atoms with Crippen molar-refractivity contribution < 1.29 is 38.2 Å². The predicted octanol–water partition coefficient (Wildman–Crippen LogP) is 15.1. The van der Waals surface area contributed by atoms with E-state index in [2.05, 4.69) is 74.6 Å². The van der Waals surface area contributed by atoms with Crippen LogP contribution in [0.1, 0.15) is 245 Å². The van der Waals surface area contributed by atoms with Gasteiger partial charge in [0.05, 0.1) is 40.3 Å². The van der Waals surface area contributed by atoms with Crippen LogP contribution >= 0.6 is 0 Å². The lowest BCUT2D eigenvalue weighted by Gasteiger charge is -2.34. The standard InChI is InChI=1S/C59H105NO7/c1-6-8-10-12-14-16-18-20-22-24-26-28-29-30-32-33-35-37-39-41-43-45-47-49-57(61)66-54-55(53-65-52-51-56(59(63)64)60(3,4)5)67-58(62)50-48-46-44-42-40-38-36-34-31-27-25-23-21-19-17-15-13-11-9-7-2/h8,10,14,16-17,19-23,55-56H,6-7,9,11-13,15,18,24-54H2,1-5H3/b10-8+,16-14+,19-17+,22-20+,23-21+. The fourth-order valence-corrected chi connectivity index (χ4v) is 8.14. The monoisotopic (exact) mass is 940 g/mol. The minimum Gasteiger partial charge on any atom is -0.544 e. The summed E-state index contributed by atoms with van der Waals surface area (Å²) in [6.07, 6.45) is 62.5.